The minimum absolute atomic E-state index is 0.172. The van der Waals surface area contributed by atoms with Gasteiger partial charge < -0.3 is 10.2 Å². The van der Waals surface area contributed by atoms with Gasteiger partial charge in [-0.3, -0.25) is 5.32 Å². The molecule has 7 heteroatoms. The topological polar surface area (TPSA) is 70.2 Å². The Morgan fingerprint density at radius 2 is 2.21 bits per heavy atom. The number of carbonyl (C=O) groups excluding carboxylic acids is 1. The Balaban J connectivity index is 1.77. The van der Waals surface area contributed by atoms with Crippen LogP contribution in [-0.4, -0.2) is 46.5 Å². The predicted molar refractivity (Wildman–Crippen MR) is 76.6 cm³/mol. The van der Waals surface area contributed by atoms with Crippen LogP contribution < -0.4 is 10.6 Å². The summed E-state index contributed by atoms with van der Waals surface area (Å²) in [5.41, 5.74) is 0. The van der Waals surface area contributed by atoms with Crippen molar-refractivity contribution in [2.24, 2.45) is 0 Å². The van der Waals surface area contributed by atoms with Gasteiger partial charge in [0, 0.05) is 24.0 Å². The number of likely N-dealkylation sites (tertiary alicyclic amines) is 1. The standard InChI is InChI=1S/C12H21N5OS/c1-3-4-10-14-12(19-16-10)15-11(18)13-9-5-7-17(2)8-6-9/h9H,3-8H2,1-2H3,(H2,13,14,15,16,18). The molecule has 0 aliphatic carbocycles. The van der Waals surface area contributed by atoms with Crippen LogP contribution in [0.4, 0.5) is 9.93 Å². The van der Waals surface area contributed by atoms with Crippen molar-refractivity contribution >= 4 is 22.7 Å². The number of amides is 2. The molecule has 2 amide bonds. The van der Waals surface area contributed by atoms with Crippen molar-refractivity contribution in [3.8, 4) is 0 Å². The number of carbonyl (C=O) groups is 1. The highest BCUT2D eigenvalue weighted by atomic mass is 32.1. The third kappa shape index (κ3) is 4.43. The first-order valence-electron chi connectivity index (χ1n) is 6.76. The number of aryl methyl sites for hydroxylation is 1. The third-order valence-corrected chi connectivity index (χ3v) is 3.88. The Bertz CT molecular complexity index is 414. The van der Waals surface area contributed by atoms with Gasteiger partial charge in [0.25, 0.3) is 0 Å². The minimum atomic E-state index is -0.172. The highest BCUT2D eigenvalue weighted by molar-refractivity contribution is 7.09. The van der Waals surface area contributed by atoms with Crippen molar-refractivity contribution in [2.45, 2.75) is 38.6 Å². The van der Waals surface area contributed by atoms with E-state index in [9.17, 15) is 4.79 Å². The van der Waals surface area contributed by atoms with Crippen LogP contribution in [0.2, 0.25) is 0 Å². The summed E-state index contributed by atoms with van der Waals surface area (Å²) in [7, 11) is 2.10. The molecule has 2 N–H and O–H groups in total. The molecule has 2 heterocycles. The molecule has 0 radical (unpaired) electrons. The van der Waals surface area contributed by atoms with E-state index >= 15 is 0 Å². The SMILES string of the molecule is CCCc1nsc(NC(=O)NC2CCN(C)CC2)n1. The summed E-state index contributed by atoms with van der Waals surface area (Å²) in [4.78, 5) is 18.4. The molecule has 1 aromatic heterocycles. The molecule has 0 unspecified atom stereocenters. The van der Waals surface area contributed by atoms with Gasteiger partial charge in [0.05, 0.1) is 0 Å². The molecule has 1 saturated heterocycles. The molecule has 1 aliphatic heterocycles. The summed E-state index contributed by atoms with van der Waals surface area (Å²) in [6, 6.07) is 0.0907. The first-order chi connectivity index (χ1) is 9.17. The molecule has 1 fully saturated rings. The van der Waals surface area contributed by atoms with E-state index in [0.717, 1.165) is 44.6 Å². The van der Waals surface area contributed by atoms with Gasteiger partial charge in [-0.2, -0.15) is 4.37 Å². The number of hydrogen-bond donors (Lipinski definition) is 2. The van der Waals surface area contributed by atoms with Crippen molar-refractivity contribution in [2.75, 3.05) is 25.5 Å². The Morgan fingerprint density at radius 1 is 1.47 bits per heavy atom. The number of rotatable bonds is 4. The molecule has 0 spiro atoms. The maximum Gasteiger partial charge on any atom is 0.321 e. The van der Waals surface area contributed by atoms with Gasteiger partial charge >= 0.3 is 6.03 Å². The lowest BCUT2D eigenvalue weighted by Gasteiger charge is -2.29. The van der Waals surface area contributed by atoms with Crippen LogP contribution in [0.25, 0.3) is 0 Å². The zero-order valence-electron chi connectivity index (χ0n) is 11.5. The molecule has 0 atom stereocenters. The summed E-state index contributed by atoms with van der Waals surface area (Å²) in [5, 5.41) is 6.33. The van der Waals surface area contributed by atoms with Crippen LogP contribution in [0.15, 0.2) is 0 Å². The summed E-state index contributed by atoms with van der Waals surface area (Å²) >= 11 is 1.24. The molecule has 0 saturated carbocycles. The van der Waals surface area contributed by atoms with Crippen molar-refractivity contribution in [3.05, 3.63) is 5.82 Å². The van der Waals surface area contributed by atoms with E-state index in [-0.39, 0.29) is 12.1 Å². The highest BCUT2D eigenvalue weighted by Crippen LogP contribution is 2.13. The fourth-order valence-corrected chi connectivity index (χ4v) is 2.71. The van der Waals surface area contributed by atoms with Crippen LogP contribution in [0.1, 0.15) is 32.0 Å². The number of piperidine rings is 1. The second kappa shape index (κ2) is 6.81. The molecule has 19 heavy (non-hydrogen) atoms. The zero-order valence-corrected chi connectivity index (χ0v) is 12.3. The molecule has 2 rings (SSSR count). The van der Waals surface area contributed by atoms with Crippen molar-refractivity contribution < 1.29 is 4.79 Å². The fourth-order valence-electron chi connectivity index (χ4n) is 2.10. The molecular weight excluding hydrogens is 262 g/mol. The number of anilines is 1. The second-order valence-electron chi connectivity index (χ2n) is 4.94. The van der Waals surface area contributed by atoms with E-state index in [1.165, 1.54) is 11.5 Å². The fraction of sp³-hybridized carbons (Fsp3) is 0.750. The lowest BCUT2D eigenvalue weighted by Crippen LogP contribution is -2.44. The van der Waals surface area contributed by atoms with Gasteiger partial charge in [-0.25, -0.2) is 9.78 Å². The Morgan fingerprint density at radius 3 is 2.89 bits per heavy atom. The minimum Gasteiger partial charge on any atom is -0.335 e. The number of aromatic nitrogens is 2. The summed E-state index contributed by atoms with van der Waals surface area (Å²) in [6.45, 7) is 4.15. The number of hydrogen-bond acceptors (Lipinski definition) is 5. The van der Waals surface area contributed by atoms with Gasteiger partial charge in [-0.05, 0) is 39.4 Å². The number of nitrogens with zero attached hydrogens (tertiary/aromatic N) is 3. The second-order valence-corrected chi connectivity index (χ2v) is 5.69. The van der Waals surface area contributed by atoms with Gasteiger partial charge in [-0.1, -0.05) is 6.92 Å². The lowest BCUT2D eigenvalue weighted by molar-refractivity contribution is 0.221. The normalized spacial score (nSPS) is 17.4. The van der Waals surface area contributed by atoms with Crippen LogP contribution in [-0.2, 0) is 6.42 Å². The number of nitrogens with one attached hydrogen (secondary N) is 2. The van der Waals surface area contributed by atoms with E-state index in [2.05, 4.69) is 38.9 Å². The largest absolute Gasteiger partial charge is 0.335 e. The van der Waals surface area contributed by atoms with Crippen LogP contribution in [0.5, 0.6) is 0 Å². The van der Waals surface area contributed by atoms with E-state index in [4.69, 9.17) is 0 Å². The predicted octanol–water partition coefficient (Wildman–Crippen LogP) is 1.71. The van der Waals surface area contributed by atoms with Crippen molar-refractivity contribution in [3.63, 3.8) is 0 Å². The summed E-state index contributed by atoms with van der Waals surface area (Å²) in [5.74, 6) is 0.807. The Kier molecular flexibility index (Phi) is 5.09. The molecule has 6 nitrogen and oxygen atoms in total. The average Bonchev–Trinajstić information content (AvgIpc) is 2.80. The van der Waals surface area contributed by atoms with Crippen molar-refractivity contribution in [1.82, 2.24) is 19.6 Å². The van der Waals surface area contributed by atoms with Gasteiger partial charge in [-0.15, -0.1) is 0 Å². The first-order valence-corrected chi connectivity index (χ1v) is 7.53. The highest BCUT2D eigenvalue weighted by Gasteiger charge is 2.18. The zero-order chi connectivity index (χ0) is 13.7. The van der Waals surface area contributed by atoms with Crippen LogP contribution >= 0.6 is 11.5 Å². The van der Waals surface area contributed by atoms with Gasteiger partial charge in [0.2, 0.25) is 5.13 Å². The average molecular weight is 283 g/mol. The van der Waals surface area contributed by atoms with Crippen LogP contribution in [0, 0.1) is 0 Å². The molecular formula is C12H21N5OS. The first kappa shape index (κ1) is 14.2. The molecule has 106 valence electrons. The maximum atomic E-state index is 11.8. The van der Waals surface area contributed by atoms with Crippen molar-refractivity contribution in [1.29, 1.82) is 0 Å². The molecule has 1 aliphatic rings. The smallest absolute Gasteiger partial charge is 0.321 e. The lowest BCUT2D eigenvalue weighted by atomic mass is 10.1. The third-order valence-electron chi connectivity index (χ3n) is 3.22. The quantitative estimate of drug-likeness (QED) is 0.882. The van der Waals surface area contributed by atoms with E-state index < -0.39 is 0 Å². The monoisotopic (exact) mass is 283 g/mol. The molecule has 0 aromatic carbocycles. The van der Waals surface area contributed by atoms with E-state index in [1.54, 1.807) is 0 Å². The Labute approximate surface area is 117 Å². The maximum absolute atomic E-state index is 11.8. The van der Waals surface area contributed by atoms with Gasteiger partial charge in [0.15, 0.2) is 0 Å². The Hall–Kier alpha value is -1.21. The molecule has 0 bridgehead atoms. The van der Waals surface area contributed by atoms with Crippen LogP contribution in [0.3, 0.4) is 0 Å². The van der Waals surface area contributed by atoms with E-state index in [0.29, 0.717) is 5.13 Å². The summed E-state index contributed by atoms with van der Waals surface area (Å²) < 4.78 is 4.20. The van der Waals surface area contributed by atoms with Gasteiger partial charge in [0.1, 0.15) is 5.82 Å². The summed E-state index contributed by atoms with van der Waals surface area (Å²) in [6.07, 6.45) is 3.87. The molecule has 1 aromatic rings. The van der Waals surface area contributed by atoms with E-state index in [1.807, 2.05) is 0 Å². The number of urea groups is 1.